The van der Waals surface area contributed by atoms with Gasteiger partial charge in [0.25, 0.3) is 0 Å². The molecule has 4 aromatic rings. The molecule has 4 aromatic carbocycles. The number of benzene rings is 4. The molecule has 0 radical (unpaired) electrons. The first-order valence-corrected chi connectivity index (χ1v) is 12.5. The first kappa shape index (κ1) is 23.6. The predicted molar refractivity (Wildman–Crippen MR) is 127 cm³/mol. The van der Waals surface area contributed by atoms with Crippen LogP contribution in [0.1, 0.15) is 22.3 Å². The fourth-order valence-corrected chi connectivity index (χ4v) is 5.49. The number of hydrogen-bond acceptors (Lipinski definition) is 3. The zero-order valence-electron chi connectivity index (χ0n) is 17.7. The maximum atomic E-state index is 13.9. The zero-order valence-corrected chi connectivity index (χ0v) is 20.1. The Morgan fingerprint density at radius 2 is 1.31 bits per heavy atom. The van der Waals surface area contributed by atoms with E-state index in [0.717, 1.165) is 32.3 Å². The third-order valence-electron chi connectivity index (χ3n) is 6.06. The Hall–Kier alpha value is -3.17. The highest BCUT2D eigenvalue weighted by molar-refractivity contribution is 9.10. The summed E-state index contributed by atoms with van der Waals surface area (Å²) in [5, 5.41) is 0. The van der Waals surface area contributed by atoms with Gasteiger partial charge >= 0.3 is 15.6 Å². The van der Waals surface area contributed by atoms with Crippen molar-refractivity contribution < 1.29 is 30.2 Å². The molecule has 0 amide bonds. The van der Waals surface area contributed by atoms with Gasteiger partial charge < -0.3 is 4.18 Å². The van der Waals surface area contributed by atoms with E-state index < -0.39 is 32.6 Å². The summed E-state index contributed by atoms with van der Waals surface area (Å²) >= 11 is 3.53. The highest BCUT2D eigenvalue weighted by Gasteiger charge is 2.49. The van der Waals surface area contributed by atoms with Crippen LogP contribution in [-0.2, 0) is 15.5 Å². The highest BCUT2D eigenvalue weighted by Crippen LogP contribution is 2.56. The number of hydrogen-bond donors (Lipinski definition) is 0. The van der Waals surface area contributed by atoms with Crippen molar-refractivity contribution in [2.45, 2.75) is 10.9 Å². The highest BCUT2D eigenvalue weighted by atomic mass is 79.9. The predicted octanol–water partition coefficient (Wildman–Crippen LogP) is 7.18. The van der Waals surface area contributed by atoms with Gasteiger partial charge in [-0.2, -0.15) is 21.6 Å². The van der Waals surface area contributed by atoms with E-state index in [0.29, 0.717) is 5.56 Å². The Kier molecular flexibility index (Phi) is 5.52. The van der Waals surface area contributed by atoms with Crippen molar-refractivity contribution in [3.8, 4) is 16.9 Å². The van der Waals surface area contributed by atoms with Crippen LogP contribution < -0.4 is 4.18 Å². The van der Waals surface area contributed by atoms with E-state index >= 15 is 0 Å². The van der Waals surface area contributed by atoms with Gasteiger partial charge in [-0.05, 0) is 69.8 Å². The first-order valence-electron chi connectivity index (χ1n) is 10.3. The van der Waals surface area contributed by atoms with Crippen LogP contribution in [0.15, 0.2) is 95.5 Å². The number of halogens is 5. The van der Waals surface area contributed by atoms with Gasteiger partial charge in [0.1, 0.15) is 11.6 Å². The fourth-order valence-electron chi connectivity index (χ4n) is 4.67. The molecule has 35 heavy (non-hydrogen) atoms. The molecule has 9 heteroatoms. The molecule has 0 saturated heterocycles. The van der Waals surface area contributed by atoms with Gasteiger partial charge in [-0.25, -0.2) is 4.39 Å². The summed E-state index contributed by atoms with van der Waals surface area (Å²) in [4.78, 5) is 0. The summed E-state index contributed by atoms with van der Waals surface area (Å²) in [5.74, 6) is -0.883. The maximum Gasteiger partial charge on any atom is 0.534 e. The monoisotopic (exact) mass is 562 g/mol. The summed E-state index contributed by atoms with van der Waals surface area (Å²) in [6, 6.07) is 25.0. The van der Waals surface area contributed by atoms with Crippen LogP contribution in [0.2, 0.25) is 0 Å². The van der Waals surface area contributed by atoms with Gasteiger partial charge in [0, 0.05) is 4.47 Å². The van der Waals surface area contributed by atoms with Crippen LogP contribution in [0.4, 0.5) is 17.6 Å². The Labute approximate surface area is 207 Å². The van der Waals surface area contributed by atoms with Gasteiger partial charge in [0.2, 0.25) is 0 Å². The first-order chi connectivity index (χ1) is 16.5. The molecule has 0 spiro atoms. The van der Waals surface area contributed by atoms with Crippen molar-refractivity contribution in [1.82, 2.24) is 0 Å². The van der Waals surface area contributed by atoms with Crippen LogP contribution in [-0.4, -0.2) is 13.9 Å². The zero-order chi connectivity index (χ0) is 25.0. The number of fused-ring (bicyclic) bond motifs is 3. The molecule has 0 saturated carbocycles. The molecule has 178 valence electrons. The van der Waals surface area contributed by atoms with Crippen molar-refractivity contribution >= 4 is 26.0 Å². The average Bonchev–Trinajstić information content (AvgIpc) is 3.09. The Morgan fingerprint density at radius 1 is 0.743 bits per heavy atom. The van der Waals surface area contributed by atoms with Gasteiger partial charge in [0.05, 0.1) is 5.41 Å². The topological polar surface area (TPSA) is 43.4 Å². The van der Waals surface area contributed by atoms with Crippen LogP contribution in [0.25, 0.3) is 11.1 Å². The molecule has 1 aliphatic rings. The molecule has 3 nitrogen and oxygen atoms in total. The van der Waals surface area contributed by atoms with Crippen LogP contribution in [0.5, 0.6) is 5.75 Å². The second kappa shape index (κ2) is 8.20. The van der Waals surface area contributed by atoms with E-state index in [-0.39, 0.29) is 0 Å². The lowest BCUT2D eigenvalue weighted by atomic mass is 9.68. The Bertz CT molecular complexity index is 1530. The summed E-state index contributed by atoms with van der Waals surface area (Å²) < 4.78 is 80.2. The smallest absolute Gasteiger partial charge is 0.376 e. The van der Waals surface area contributed by atoms with E-state index in [1.807, 2.05) is 42.5 Å². The Morgan fingerprint density at radius 3 is 1.94 bits per heavy atom. The number of alkyl halides is 3. The van der Waals surface area contributed by atoms with E-state index in [1.54, 1.807) is 12.1 Å². The molecule has 0 aliphatic heterocycles. The minimum atomic E-state index is -5.81. The van der Waals surface area contributed by atoms with Crippen molar-refractivity contribution in [1.29, 1.82) is 0 Å². The molecule has 1 atom stereocenters. The quantitative estimate of drug-likeness (QED) is 0.132. The van der Waals surface area contributed by atoms with E-state index in [4.69, 9.17) is 0 Å². The van der Waals surface area contributed by atoms with E-state index in [2.05, 4.69) is 20.1 Å². The minimum absolute atomic E-state index is 0.411. The molecule has 1 unspecified atom stereocenters. The molecule has 5 rings (SSSR count). The van der Waals surface area contributed by atoms with Crippen molar-refractivity contribution in [3.05, 3.63) is 124 Å². The lowest BCUT2D eigenvalue weighted by Gasteiger charge is -2.34. The fraction of sp³-hybridized carbons (Fsp3) is 0.0769. The second-order valence-corrected chi connectivity index (χ2v) is 10.5. The largest absolute Gasteiger partial charge is 0.534 e. The summed E-state index contributed by atoms with van der Waals surface area (Å²) in [6.45, 7) is 0. The third kappa shape index (κ3) is 3.73. The second-order valence-electron chi connectivity index (χ2n) is 8.00. The van der Waals surface area contributed by atoms with Crippen LogP contribution >= 0.6 is 15.9 Å². The molecule has 1 aliphatic carbocycles. The van der Waals surface area contributed by atoms with Gasteiger partial charge in [-0.1, -0.05) is 70.5 Å². The molecule has 0 bridgehead atoms. The summed E-state index contributed by atoms with van der Waals surface area (Å²) in [6.07, 6.45) is 0. The molecular weight excluding hydrogens is 548 g/mol. The van der Waals surface area contributed by atoms with Gasteiger partial charge in [0.15, 0.2) is 0 Å². The third-order valence-corrected chi connectivity index (χ3v) is 7.53. The van der Waals surface area contributed by atoms with Crippen molar-refractivity contribution in [3.63, 3.8) is 0 Å². The standard InChI is InChI=1S/C26H15BrF4O3S/c27-18-9-14-22-21-3-1-2-4-23(21)25(24(22)15-18,16-5-10-19(28)11-6-16)17-7-12-20(13-8-17)34-35(32,33)26(29,30)31/h1-15H. The van der Waals surface area contributed by atoms with E-state index in [1.165, 1.54) is 36.4 Å². The average molecular weight is 563 g/mol. The summed E-state index contributed by atoms with van der Waals surface area (Å²) in [5.41, 5.74) is -1.41. The SMILES string of the molecule is O=S(=O)(Oc1ccc(C2(c3ccc(F)cc3)c3ccccc3-c3ccc(Br)cc32)cc1)C(F)(F)F. The molecular formula is C26H15BrF4O3S. The van der Waals surface area contributed by atoms with Crippen LogP contribution in [0.3, 0.4) is 0 Å². The van der Waals surface area contributed by atoms with Crippen molar-refractivity contribution in [2.24, 2.45) is 0 Å². The number of rotatable bonds is 4. The lowest BCUT2D eigenvalue weighted by molar-refractivity contribution is -0.0500. The molecule has 0 fully saturated rings. The molecule has 0 N–H and O–H groups in total. The van der Waals surface area contributed by atoms with Crippen molar-refractivity contribution in [2.75, 3.05) is 0 Å². The normalized spacial score (nSPS) is 17.1. The lowest BCUT2D eigenvalue weighted by Crippen LogP contribution is -2.29. The van der Waals surface area contributed by atoms with Crippen LogP contribution in [0, 0.1) is 5.82 Å². The van der Waals surface area contributed by atoms with Gasteiger partial charge in [-0.3, -0.25) is 0 Å². The molecule has 0 aromatic heterocycles. The van der Waals surface area contributed by atoms with E-state index in [9.17, 15) is 26.0 Å². The summed E-state index contributed by atoms with van der Waals surface area (Å²) in [7, 11) is -5.81. The Balaban J connectivity index is 1.76. The molecule has 0 heterocycles. The van der Waals surface area contributed by atoms with Gasteiger partial charge in [-0.15, -0.1) is 0 Å². The maximum absolute atomic E-state index is 13.9. The minimum Gasteiger partial charge on any atom is -0.376 e.